The molecule has 0 aliphatic rings. The Kier molecular flexibility index (Phi) is 4.55. The Morgan fingerprint density at radius 2 is 1.70 bits per heavy atom. The molecular formula is C18H15ClN2O2. The Balaban J connectivity index is 1.91. The van der Waals surface area contributed by atoms with Crippen LogP contribution in [-0.4, -0.2) is 14.9 Å². The number of halogens is 1. The topological polar surface area (TPSA) is 55.1 Å². The molecule has 1 unspecified atom stereocenters. The highest BCUT2D eigenvalue weighted by Crippen LogP contribution is 2.23. The van der Waals surface area contributed by atoms with Gasteiger partial charge in [0.2, 0.25) is 0 Å². The van der Waals surface area contributed by atoms with Gasteiger partial charge in [-0.15, -0.1) is 0 Å². The molecule has 3 aromatic rings. The van der Waals surface area contributed by atoms with Gasteiger partial charge in [0.05, 0.1) is 12.2 Å². The van der Waals surface area contributed by atoms with Gasteiger partial charge < -0.3 is 5.11 Å². The van der Waals surface area contributed by atoms with Crippen molar-refractivity contribution >= 4 is 11.6 Å². The molecule has 0 fully saturated rings. The van der Waals surface area contributed by atoms with Crippen molar-refractivity contribution in [2.75, 3.05) is 0 Å². The molecule has 0 saturated heterocycles. The second kappa shape index (κ2) is 6.77. The third-order valence-electron chi connectivity index (χ3n) is 3.55. The van der Waals surface area contributed by atoms with Crippen LogP contribution >= 0.6 is 11.6 Å². The fourth-order valence-electron chi connectivity index (χ4n) is 2.35. The number of nitrogens with zero attached hydrogens (tertiary/aromatic N) is 2. The van der Waals surface area contributed by atoms with Gasteiger partial charge in [-0.2, -0.15) is 5.10 Å². The molecule has 23 heavy (non-hydrogen) atoms. The van der Waals surface area contributed by atoms with Crippen molar-refractivity contribution in [2.24, 2.45) is 0 Å². The Morgan fingerprint density at radius 1 is 1.00 bits per heavy atom. The number of hydrogen-bond acceptors (Lipinski definition) is 3. The minimum atomic E-state index is -0.903. The summed E-state index contributed by atoms with van der Waals surface area (Å²) < 4.78 is 1.26. The molecule has 1 atom stereocenters. The number of aliphatic hydroxyl groups is 1. The van der Waals surface area contributed by atoms with Gasteiger partial charge >= 0.3 is 0 Å². The van der Waals surface area contributed by atoms with E-state index in [4.69, 9.17) is 11.6 Å². The second-order valence-corrected chi connectivity index (χ2v) is 5.55. The number of aliphatic hydroxyl groups excluding tert-OH is 1. The molecule has 1 heterocycles. The minimum Gasteiger partial charge on any atom is -0.386 e. The van der Waals surface area contributed by atoms with Crippen molar-refractivity contribution in [1.82, 2.24) is 9.78 Å². The maximum Gasteiger partial charge on any atom is 0.266 e. The Morgan fingerprint density at radius 3 is 2.43 bits per heavy atom. The van der Waals surface area contributed by atoms with Crippen LogP contribution in [0, 0.1) is 0 Å². The van der Waals surface area contributed by atoms with Gasteiger partial charge in [0, 0.05) is 22.2 Å². The smallest absolute Gasteiger partial charge is 0.266 e. The molecule has 0 aliphatic carbocycles. The van der Waals surface area contributed by atoms with Crippen LogP contribution in [0.25, 0.3) is 11.3 Å². The van der Waals surface area contributed by atoms with E-state index in [9.17, 15) is 9.90 Å². The van der Waals surface area contributed by atoms with E-state index in [1.807, 2.05) is 30.3 Å². The van der Waals surface area contributed by atoms with Crippen LogP contribution in [0.1, 0.15) is 11.7 Å². The van der Waals surface area contributed by atoms with Gasteiger partial charge in [0.15, 0.2) is 0 Å². The van der Waals surface area contributed by atoms with Crippen LogP contribution in [0.4, 0.5) is 0 Å². The maximum absolute atomic E-state index is 12.0. The van der Waals surface area contributed by atoms with Gasteiger partial charge in [-0.3, -0.25) is 4.79 Å². The standard InChI is InChI=1S/C18H15ClN2O2/c19-15-9-5-4-8-14(15)17(22)12-21-18(23)11-10-16(20-21)13-6-2-1-3-7-13/h1-11,17,22H,12H2. The van der Waals surface area contributed by atoms with E-state index >= 15 is 0 Å². The molecule has 116 valence electrons. The van der Waals surface area contributed by atoms with E-state index in [1.165, 1.54) is 10.7 Å². The summed E-state index contributed by atoms with van der Waals surface area (Å²) >= 11 is 6.08. The summed E-state index contributed by atoms with van der Waals surface area (Å²) in [6, 6.07) is 19.7. The van der Waals surface area contributed by atoms with E-state index in [0.29, 0.717) is 16.3 Å². The maximum atomic E-state index is 12.0. The van der Waals surface area contributed by atoms with Gasteiger partial charge in [-0.05, 0) is 12.1 Å². The lowest BCUT2D eigenvalue weighted by Gasteiger charge is -2.14. The van der Waals surface area contributed by atoms with Crippen molar-refractivity contribution < 1.29 is 5.11 Å². The first-order chi connectivity index (χ1) is 11.1. The molecule has 1 aromatic heterocycles. The summed E-state index contributed by atoms with van der Waals surface area (Å²) in [6.07, 6.45) is -0.903. The Labute approximate surface area is 138 Å². The van der Waals surface area contributed by atoms with Crippen molar-refractivity contribution in [1.29, 1.82) is 0 Å². The van der Waals surface area contributed by atoms with Crippen molar-refractivity contribution in [3.05, 3.63) is 87.7 Å². The fraction of sp³-hybridized carbons (Fsp3) is 0.111. The quantitative estimate of drug-likeness (QED) is 0.800. The zero-order valence-electron chi connectivity index (χ0n) is 12.3. The number of hydrogen-bond donors (Lipinski definition) is 1. The lowest BCUT2D eigenvalue weighted by atomic mass is 10.1. The average Bonchev–Trinajstić information content (AvgIpc) is 2.58. The predicted octanol–water partition coefficient (Wildman–Crippen LogP) is 3.30. The molecule has 1 N–H and O–H groups in total. The molecule has 5 heteroatoms. The molecule has 0 saturated carbocycles. The van der Waals surface area contributed by atoms with Crippen LogP contribution < -0.4 is 5.56 Å². The van der Waals surface area contributed by atoms with E-state index in [1.54, 1.807) is 30.3 Å². The summed E-state index contributed by atoms with van der Waals surface area (Å²) in [7, 11) is 0. The monoisotopic (exact) mass is 326 g/mol. The first-order valence-electron chi connectivity index (χ1n) is 7.21. The summed E-state index contributed by atoms with van der Waals surface area (Å²) in [5, 5.41) is 15.2. The SMILES string of the molecule is O=c1ccc(-c2ccccc2)nn1CC(O)c1ccccc1Cl. The molecule has 0 bridgehead atoms. The third kappa shape index (κ3) is 3.50. The normalized spacial score (nSPS) is 12.1. The molecular weight excluding hydrogens is 312 g/mol. The van der Waals surface area contributed by atoms with Crippen LogP contribution in [0.15, 0.2) is 71.5 Å². The first kappa shape index (κ1) is 15.5. The largest absolute Gasteiger partial charge is 0.386 e. The molecule has 4 nitrogen and oxygen atoms in total. The van der Waals surface area contributed by atoms with Crippen molar-refractivity contribution in [3.8, 4) is 11.3 Å². The molecule has 0 radical (unpaired) electrons. The van der Waals surface area contributed by atoms with E-state index in [-0.39, 0.29) is 12.1 Å². The number of aromatic nitrogens is 2. The summed E-state index contributed by atoms with van der Waals surface area (Å²) in [4.78, 5) is 12.0. The summed E-state index contributed by atoms with van der Waals surface area (Å²) in [6.45, 7) is 0.0449. The highest BCUT2D eigenvalue weighted by molar-refractivity contribution is 6.31. The second-order valence-electron chi connectivity index (χ2n) is 5.14. The average molecular weight is 327 g/mol. The Bertz CT molecular complexity index is 862. The zero-order valence-corrected chi connectivity index (χ0v) is 13.0. The van der Waals surface area contributed by atoms with Gasteiger partial charge in [-0.1, -0.05) is 60.1 Å². The van der Waals surface area contributed by atoms with E-state index < -0.39 is 6.10 Å². The summed E-state index contributed by atoms with van der Waals surface area (Å²) in [5.74, 6) is 0. The van der Waals surface area contributed by atoms with E-state index in [0.717, 1.165) is 5.56 Å². The van der Waals surface area contributed by atoms with E-state index in [2.05, 4.69) is 5.10 Å². The number of benzene rings is 2. The lowest BCUT2D eigenvalue weighted by molar-refractivity contribution is 0.149. The minimum absolute atomic E-state index is 0.0449. The van der Waals surface area contributed by atoms with Crippen molar-refractivity contribution in [2.45, 2.75) is 12.6 Å². The van der Waals surface area contributed by atoms with Gasteiger partial charge in [0.1, 0.15) is 6.10 Å². The molecule has 3 rings (SSSR count). The predicted molar refractivity (Wildman–Crippen MR) is 90.3 cm³/mol. The zero-order chi connectivity index (χ0) is 16.2. The highest BCUT2D eigenvalue weighted by Gasteiger charge is 2.13. The fourth-order valence-corrected chi connectivity index (χ4v) is 2.61. The van der Waals surface area contributed by atoms with Gasteiger partial charge in [-0.25, -0.2) is 4.68 Å². The Hall–Kier alpha value is -2.43. The third-order valence-corrected chi connectivity index (χ3v) is 3.89. The van der Waals surface area contributed by atoms with Crippen molar-refractivity contribution in [3.63, 3.8) is 0 Å². The highest BCUT2D eigenvalue weighted by atomic mass is 35.5. The van der Waals surface area contributed by atoms with Gasteiger partial charge in [0.25, 0.3) is 5.56 Å². The molecule has 0 aliphatic heterocycles. The first-order valence-corrected chi connectivity index (χ1v) is 7.59. The van der Waals surface area contributed by atoms with Crippen LogP contribution in [0.3, 0.4) is 0 Å². The van der Waals surface area contributed by atoms with Crippen LogP contribution in [-0.2, 0) is 6.54 Å². The van der Waals surface area contributed by atoms with Crippen LogP contribution in [0.2, 0.25) is 5.02 Å². The number of rotatable bonds is 4. The molecule has 0 amide bonds. The molecule has 0 spiro atoms. The molecule has 2 aromatic carbocycles. The van der Waals surface area contributed by atoms with Crippen LogP contribution in [0.5, 0.6) is 0 Å². The lowest BCUT2D eigenvalue weighted by Crippen LogP contribution is -2.25. The summed E-state index contributed by atoms with van der Waals surface area (Å²) in [5.41, 5.74) is 1.90.